The van der Waals surface area contributed by atoms with Gasteiger partial charge in [-0.1, -0.05) is 18.2 Å². The lowest BCUT2D eigenvalue weighted by Crippen LogP contribution is -2.36. The Hall–Kier alpha value is -3.36. The number of benzene rings is 2. The van der Waals surface area contributed by atoms with Crippen LogP contribution in [0, 0.1) is 0 Å². The second-order valence-corrected chi connectivity index (χ2v) is 9.22. The first-order valence-corrected chi connectivity index (χ1v) is 11.3. The molecule has 0 spiro atoms. The van der Waals surface area contributed by atoms with Gasteiger partial charge in [0.2, 0.25) is 10.0 Å². The average molecular weight is 433 g/mol. The van der Waals surface area contributed by atoms with E-state index >= 15 is 0 Å². The standard InChI is InChI=1S/C23H20N4O3S/c1-30-19-9-7-17(8-10-19)23-25-14-18-15-27(13-11-20(18)26-23)31(28,29)21-6-2-4-16-5-3-12-24-22(16)21/h2-10,12,14H,11,13,15H2,1H3. The van der Waals surface area contributed by atoms with Gasteiger partial charge in [0.05, 0.1) is 18.3 Å². The molecule has 0 bridgehead atoms. The molecule has 0 unspecified atom stereocenters. The minimum Gasteiger partial charge on any atom is -0.497 e. The van der Waals surface area contributed by atoms with Crippen LogP contribution in [0.2, 0.25) is 0 Å². The van der Waals surface area contributed by atoms with E-state index in [9.17, 15) is 8.42 Å². The fourth-order valence-electron chi connectivity index (χ4n) is 3.80. The van der Waals surface area contributed by atoms with Crippen molar-refractivity contribution in [3.05, 3.63) is 78.2 Å². The van der Waals surface area contributed by atoms with E-state index in [-0.39, 0.29) is 11.4 Å². The number of aromatic nitrogens is 3. The molecular formula is C23H20N4O3S. The van der Waals surface area contributed by atoms with Crippen LogP contribution in [0.1, 0.15) is 11.3 Å². The second-order valence-electron chi connectivity index (χ2n) is 7.31. The van der Waals surface area contributed by atoms with Gasteiger partial charge in [-0.3, -0.25) is 4.98 Å². The number of hydrogen-bond acceptors (Lipinski definition) is 6. The molecule has 3 heterocycles. The zero-order valence-corrected chi connectivity index (χ0v) is 17.7. The van der Waals surface area contributed by atoms with Gasteiger partial charge >= 0.3 is 0 Å². The lowest BCUT2D eigenvalue weighted by Gasteiger charge is -2.27. The maximum atomic E-state index is 13.4. The first-order valence-electron chi connectivity index (χ1n) is 9.89. The lowest BCUT2D eigenvalue weighted by atomic mass is 10.1. The monoisotopic (exact) mass is 432 g/mol. The summed E-state index contributed by atoms with van der Waals surface area (Å²) in [6.45, 7) is 0.599. The van der Waals surface area contributed by atoms with E-state index in [0.717, 1.165) is 28.0 Å². The Kier molecular flexibility index (Phi) is 4.88. The number of hydrogen-bond donors (Lipinski definition) is 0. The molecule has 0 aliphatic carbocycles. The van der Waals surface area contributed by atoms with Crippen LogP contribution < -0.4 is 4.74 Å². The molecule has 0 saturated carbocycles. The van der Waals surface area contributed by atoms with Gasteiger partial charge in [0.25, 0.3) is 0 Å². The van der Waals surface area contributed by atoms with Crippen LogP contribution in [0.4, 0.5) is 0 Å². The summed E-state index contributed by atoms with van der Waals surface area (Å²) < 4.78 is 33.5. The van der Waals surface area contributed by atoms with Gasteiger partial charge in [0.15, 0.2) is 5.82 Å². The molecule has 156 valence electrons. The maximum Gasteiger partial charge on any atom is 0.245 e. The summed E-state index contributed by atoms with van der Waals surface area (Å²) >= 11 is 0. The van der Waals surface area contributed by atoms with Crippen molar-refractivity contribution in [2.45, 2.75) is 17.9 Å². The molecule has 4 aromatic rings. The van der Waals surface area contributed by atoms with Crippen LogP contribution in [-0.4, -0.2) is 41.3 Å². The summed E-state index contributed by atoms with van der Waals surface area (Å²) in [6, 6.07) is 16.4. The van der Waals surface area contributed by atoms with Gasteiger partial charge in [-0.25, -0.2) is 18.4 Å². The minimum absolute atomic E-state index is 0.227. The van der Waals surface area contributed by atoms with E-state index in [4.69, 9.17) is 9.72 Å². The molecule has 0 amide bonds. The zero-order valence-electron chi connectivity index (χ0n) is 16.9. The SMILES string of the molecule is COc1ccc(-c2ncc3c(n2)CCN(S(=O)(=O)c2cccc4cccnc24)C3)cc1. The number of ether oxygens (including phenoxy) is 1. The maximum absolute atomic E-state index is 13.4. The van der Waals surface area contributed by atoms with Crippen molar-refractivity contribution in [1.29, 1.82) is 0 Å². The van der Waals surface area contributed by atoms with Crippen LogP contribution in [0.25, 0.3) is 22.3 Å². The van der Waals surface area contributed by atoms with E-state index in [0.29, 0.717) is 24.3 Å². The van der Waals surface area contributed by atoms with Crippen molar-refractivity contribution in [2.75, 3.05) is 13.7 Å². The van der Waals surface area contributed by atoms with Gasteiger partial charge in [-0.15, -0.1) is 0 Å². The average Bonchev–Trinajstić information content (AvgIpc) is 2.83. The fraction of sp³-hybridized carbons (Fsp3) is 0.174. The van der Waals surface area contributed by atoms with E-state index in [2.05, 4.69) is 9.97 Å². The zero-order chi connectivity index (χ0) is 21.4. The quantitative estimate of drug-likeness (QED) is 0.491. The molecule has 0 atom stereocenters. The summed E-state index contributed by atoms with van der Waals surface area (Å²) in [5.74, 6) is 1.39. The molecule has 7 nitrogen and oxygen atoms in total. The number of rotatable bonds is 4. The topological polar surface area (TPSA) is 85.3 Å². The molecule has 0 N–H and O–H groups in total. The van der Waals surface area contributed by atoms with Gasteiger partial charge in [0, 0.05) is 48.4 Å². The molecule has 0 fully saturated rings. The summed E-state index contributed by atoms with van der Waals surface area (Å²) in [6.07, 6.45) is 3.87. The Morgan fingerprint density at radius 2 is 1.81 bits per heavy atom. The van der Waals surface area contributed by atoms with E-state index in [1.807, 2.05) is 36.4 Å². The Morgan fingerprint density at radius 3 is 2.61 bits per heavy atom. The van der Waals surface area contributed by atoms with Crippen LogP contribution in [0.3, 0.4) is 0 Å². The lowest BCUT2D eigenvalue weighted by molar-refractivity contribution is 0.387. The Morgan fingerprint density at radius 1 is 1.00 bits per heavy atom. The van der Waals surface area contributed by atoms with Gasteiger partial charge < -0.3 is 4.74 Å². The Labute approximate surface area is 180 Å². The normalized spacial score (nSPS) is 14.4. The first kappa shape index (κ1) is 19.6. The van der Waals surface area contributed by atoms with Crippen molar-refractivity contribution in [3.63, 3.8) is 0 Å². The highest BCUT2D eigenvalue weighted by Gasteiger charge is 2.31. The third-order valence-corrected chi connectivity index (χ3v) is 7.34. The Bertz CT molecular complexity index is 1370. The van der Waals surface area contributed by atoms with Crippen LogP contribution in [-0.2, 0) is 23.0 Å². The van der Waals surface area contributed by atoms with Gasteiger partial charge in [0.1, 0.15) is 10.6 Å². The highest BCUT2D eigenvalue weighted by molar-refractivity contribution is 7.89. The highest BCUT2D eigenvalue weighted by atomic mass is 32.2. The van der Waals surface area contributed by atoms with Crippen molar-refractivity contribution in [1.82, 2.24) is 19.3 Å². The van der Waals surface area contributed by atoms with Crippen molar-refractivity contribution in [2.24, 2.45) is 0 Å². The number of sulfonamides is 1. The molecular weight excluding hydrogens is 412 g/mol. The number of pyridine rings is 1. The number of methoxy groups -OCH3 is 1. The molecule has 8 heteroatoms. The predicted molar refractivity (Wildman–Crippen MR) is 117 cm³/mol. The summed E-state index contributed by atoms with van der Waals surface area (Å²) in [7, 11) is -2.08. The van der Waals surface area contributed by atoms with Crippen LogP contribution in [0.15, 0.2) is 71.9 Å². The number of fused-ring (bicyclic) bond motifs is 2. The molecule has 1 aliphatic rings. The van der Waals surface area contributed by atoms with Gasteiger partial charge in [-0.2, -0.15) is 4.31 Å². The summed E-state index contributed by atoms with van der Waals surface area (Å²) in [5, 5.41) is 0.799. The summed E-state index contributed by atoms with van der Waals surface area (Å²) in [4.78, 5) is 13.7. The van der Waals surface area contributed by atoms with E-state index in [1.54, 1.807) is 37.7 Å². The fourth-order valence-corrected chi connectivity index (χ4v) is 5.38. The van der Waals surface area contributed by atoms with Crippen molar-refractivity contribution < 1.29 is 13.2 Å². The van der Waals surface area contributed by atoms with Crippen LogP contribution >= 0.6 is 0 Å². The molecule has 31 heavy (non-hydrogen) atoms. The van der Waals surface area contributed by atoms with Crippen molar-refractivity contribution in [3.8, 4) is 17.1 Å². The molecule has 0 radical (unpaired) electrons. The molecule has 2 aromatic carbocycles. The van der Waals surface area contributed by atoms with E-state index in [1.165, 1.54) is 4.31 Å². The predicted octanol–water partition coefficient (Wildman–Crippen LogP) is 3.45. The van der Waals surface area contributed by atoms with E-state index < -0.39 is 10.0 Å². The third-order valence-electron chi connectivity index (χ3n) is 5.46. The summed E-state index contributed by atoms with van der Waals surface area (Å²) in [5.41, 5.74) is 3.07. The molecule has 1 aliphatic heterocycles. The molecule has 5 rings (SSSR count). The molecule has 0 saturated heterocycles. The smallest absolute Gasteiger partial charge is 0.245 e. The minimum atomic E-state index is -3.70. The molecule has 2 aromatic heterocycles. The second kappa shape index (κ2) is 7.72. The number of para-hydroxylation sites is 1. The highest BCUT2D eigenvalue weighted by Crippen LogP contribution is 2.29. The first-order chi connectivity index (χ1) is 15.1. The van der Waals surface area contributed by atoms with Crippen LogP contribution in [0.5, 0.6) is 5.75 Å². The Balaban J connectivity index is 1.45. The van der Waals surface area contributed by atoms with Gasteiger partial charge in [-0.05, 0) is 36.4 Å². The third kappa shape index (κ3) is 3.54. The largest absolute Gasteiger partial charge is 0.497 e. The van der Waals surface area contributed by atoms with Crippen molar-refractivity contribution >= 4 is 20.9 Å². The number of nitrogens with zero attached hydrogens (tertiary/aromatic N) is 4.